The lowest BCUT2D eigenvalue weighted by Crippen LogP contribution is -2.29. The van der Waals surface area contributed by atoms with E-state index in [-0.39, 0.29) is 24.4 Å². The number of anilines is 1. The summed E-state index contributed by atoms with van der Waals surface area (Å²) in [5, 5.41) is 3.13. The van der Waals surface area contributed by atoms with Crippen molar-refractivity contribution in [2.45, 2.75) is 32.2 Å². The molecule has 22 heavy (non-hydrogen) atoms. The number of hydrogen-bond acceptors (Lipinski definition) is 2. The first-order chi connectivity index (χ1) is 10.2. The van der Waals surface area contributed by atoms with Crippen molar-refractivity contribution in [3.8, 4) is 0 Å². The Bertz CT molecular complexity index is 569. The molecule has 0 heterocycles. The van der Waals surface area contributed by atoms with Gasteiger partial charge in [-0.25, -0.2) is 0 Å². The van der Waals surface area contributed by atoms with Crippen molar-refractivity contribution in [2.75, 3.05) is 5.73 Å². The van der Waals surface area contributed by atoms with Gasteiger partial charge in [-0.15, -0.1) is 12.4 Å². The number of hydrogen-bond donors (Lipinski definition) is 2. The molecule has 0 saturated heterocycles. The molecule has 1 amide bonds. The molecule has 2 aromatic carbocycles. The van der Waals surface area contributed by atoms with Gasteiger partial charge in [0.1, 0.15) is 0 Å². The summed E-state index contributed by atoms with van der Waals surface area (Å²) in [5.74, 6) is 0.0436. The van der Waals surface area contributed by atoms with Crippen LogP contribution < -0.4 is 11.1 Å². The summed E-state index contributed by atoms with van der Waals surface area (Å²) in [6.45, 7) is 2.13. The molecule has 0 aliphatic heterocycles. The van der Waals surface area contributed by atoms with Crippen molar-refractivity contribution < 1.29 is 4.79 Å². The molecule has 0 aliphatic carbocycles. The number of nitrogen functional groups attached to an aromatic ring is 1. The number of nitrogens with two attached hydrogens (primary N) is 1. The van der Waals surface area contributed by atoms with Crippen molar-refractivity contribution >= 4 is 24.0 Å². The number of carbonyl (C=O) groups is 1. The van der Waals surface area contributed by atoms with Gasteiger partial charge in [0.05, 0.1) is 12.5 Å². The van der Waals surface area contributed by atoms with Crippen molar-refractivity contribution in [1.29, 1.82) is 0 Å². The fourth-order valence-electron chi connectivity index (χ4n) is 2.36. The molecular weight excluding hydrogens is 296 g/mol. The van der Waals surface area contributed by atoms with Crippen molar-refractivity contribution in [1.82, 2.24) is 5.32 Å². The Labute approximate surface area is 138 Å². The van der Waals surface area contributed by atoms with Gasteiger partial charge in [-0.05, 0) is 29.7 Å². The molecule has 0 spiro atoms. The van der Waals surface area contributed by atoms with Crippen LogP contribution in [-0.4, -0.2) is 5.91 Å². The standard InChI is InChI=1S/C18H22N2O.ClH/c1-2-6-17(15-7-4-3-5-8-15)20-18(21)13-14-9-11-16(19)12-10-14;/h3-5,7-12,17H,2,6,13,19H2,1H3,(H,20,21);1H. The Hall–Kier alpha value is -2.00. The van der Waals surface area contributed by atoms with Gasteiger partial charge >= 0.3 is 0 Å². The third-order valence-electron chi connectivity index (χ3n) is 3.46. The van der Waals surface area contributed by atoms with Gasteiger partial charge in [-0.3, -0.25) is 4.79 Å². The normalized spacial score (nSPS) is 11.3. The van der Waals surface area contributed by atoms with Crippen LogP contribution in [0.15, 0.2) is 54.6 Å². The molecule has 3 N–H and O–H groups in total. The van der Waals surface area contributed by atoms with E-state index in [9.17, 15) is 4.79 Å². The molecule has 0 radical (unpaired) electrons. The Balaban J connectivity index is 0.00000242. The molecule has 118 valence electrons. The summed E-state index contributed by atoms with van der Waals surface area (Å²) in [4.78, 5) is 12.2. The summed E-state index contributed by atoms with van der Waals surface area (Å²) in [5.41, 5.74) is 8.50. The topological polar surface area (TPSA) is 55.1 Å². The van der Waals surface area contributed by atoms with Crippen LogP contribution in [0.2, 0.25) is 0 Å². The number of amides is 1. The summed E-state index contributed by atoms with van der Waals surface area (Å²) in [6, 6.07) is 17.6. The van der Waals surface area contributed by atoms with Crippen molar-refractivity contribution in [3.63, 3.8) is 0 Å². The Morgan fingerprint density at radius 2 is 1.73 bits per heavy atom. The van der Waals surface area contributed by atoms with Crippen molar-refractivity contribution in [3.05, 3.63) is 65.7 Å². The highest BCUT2D eigenvalue weighted by molar-refractivity contribution is 5.85. The lowest BCUT2D eigenvalue weighted by atomic mass is 10.0. The summed E-state index contributed by atoms with van der Waals surface area (Å²) in [7, 11) is 0. The first kappa shape index (κ1) is 18.1. The van der Waals surface area contributed by atoms with Gasteiger partial charge in [0.15, 0.2) is 0 Å². The smallest absolute Gasteiger partial charge is 0.224 e. The number of carbonyl (C=O) groups excluding carboxylic acids is 1. The molecule has 0 aliphatic rings. The first-order valence-electron chi connectivity index (χ1n) is 7.37. The number of nitrogens with one attached hydrogen (secondary N) is 1. The third-order valence-corrected chi connectivity index (χ3v) is 3.46. The summed E-state index contributed by atoms with van der Waals surface area (Å²) in [6.07, 6.45) is 2.35. The zero-order valence-electron chi connectivity index (χ0n) is 12.8. The second-order valence-corrected chi connectivity index (χ2v) is 5.24. The van der Waals surface area contributed by atoms with Gasteiger partial charge in [-0.1, -0.05) is 55.8 Å². The molecule has 0 bridgehead atoms. The van der Waals surface area contributed by atoms with E-state index in [1.165, 1.54) is 0 Å². The molecule has 2 rings (SSSR count). The minimum Gasteiger partial charge on any atom is -0.399 e. The van der Waals surface area contributed by atoms with E-state index in [4.69, 9.17) is 5.73 Å². The predicted octanol–water partition coefficient (Wildman–Crippen LogP) is 3.89. The summed E-state index contributed by atoms with van der Waals surface area (Å²) >= 11 is 0. The number of rotatable bonds is 6. The van der Waals surface area contributed by atoms with E-state index in [2.05, 4.69) is 24.4 Å². The zero-order chi connectivity index (χ0) is 15.1. The second-order valence-electron chi connectivity index (χ2n) is 5.24. The predicted molar refractivity (Wildman–Crippen MR) is 94.0 cm³/mol. The average molecular weight is 319 g/mol. The van der Waals surface area contributed by atoms with Crippen LogP contribution in [0, 0.1) is 0 Å². The highest BCUT2D eigenvalue weighted by atomic mass is 35.5. The molecule has 0 aromatic heterocycles. The molecule has 1 atom stereocenters. The van der Waals surface area contributed by atoms with Gasteiger partial charge in [0, 0.05) is 5.69 Å². The summed E-state index contributed by atoms with van der Waals surface area (Å²) < 4.78 is 0. The fourth-order valence-corrected chi connectivity index (χ4v) is 2.36. The molecule has 3 nitrogen and oxygen atoms in total. The maximum Gasteiger partial charge on any atom is 0.224 e. The minimum absolute atomic E-state index is 0. The minimum atomic E-state index is 0. The van der Waals surface area contributed by atoms with E-state index >= 15 is 0 Å². The SMILES string of the molecule is CCCC(NC(=O)Cc1ccc(N)cc1)c1ccccc1.Cl. The molecular formula is C18H23ClN2O. The van der Waals surface area contributed by atoms with E-state index in [0.29, 0.717) is 12.1 Å². The van der Waals surface area contributed by atoms with Crippen LogP contribution >= 0.6 is 12.4 Å². The van der Waals surface area contributed by atoms with Crippen LogP contribution in [0.3, 0.4) is 0 Å². The Kier molecular flexibility index (Phi) is 7.47. The lowest BCUT2D eigenvalue weighted by Gasteiger charge is -2.18. The van der Waals surface area contributed by atoms with E-state index < -0.39 is 0 Å². The average Bonchev–Trinajstić information content (AvgIpc) is 2.50. The fraction of sp³-hybridized carbons (Fsp3) is 0.278. The number of benzene rings is 2. The van der Waals surface area contributed by atoms with Crippen LogP contribution in [0.1, 0.15) is 36.9 Å². The Morgan fingerprint density at radius 1 is 1.09 bits per heavy atom. The highest BCUT2D eigenvalue weighted by Crippen LogP contribution is 2.18. The van der Waals surface area contributed by atoms with Gasteiger partial charge in [-0.2, -0.15) is 0 Å². The van der Waals surface area contributed by atoms with Crippen LogP contribution in [0.25, 0.3) is 0 Å². The van der Waals surface area contributed by atoms with Crippen LogP contribution in [0.4, 0.5) is 5.69 Å². The monoisotopic (exact) mass is 318 g/mol. The van der Waals surface area contributed by atoms with E-state index in [0.717, 1.165) is 24.0 Å². The lowest BCUT2D eigenvalue weighted by molar-refractivity contribution is -0.121. The zero-order valence-corrected chi connectivity index (χ0v) is 13.6. The quantitative estimate of drug-likeness (QED) is 0.794. The molecule has 2 aromatic rings. The van der Waals surface area contributed by atoms with Crippen LogP contribution in [-0.2, 0) is 11.2 Å². The largest absolute Gasteiger partial charge is 0.399 e. The van der Waals surface area contributed by atoms with E-state index in [1.807, 2.05) is 42.5 Å². The highest BCUT2D eigenvalue weighted by Gasteiger charge is 2.13. The third kappa shape index (κ3) is 5.41. The van der Waals surface area contributed by atoms with Gasteiger partial charge in [0.2, 0.25) is 5.91 Å². The second kappa shape index (κ2) is 9.11. The molecule has 0 saturated carbocycles. The first-order valence-corrected chi connectivity index (χ1v) is 7.37. The maximum absolute atomic E-state index is 12.2. The van der Waals surface area contributed by atoms with E-state index in [1.54, 1.807) is 0 Å². The van der Waals surface area contributed by atoms with Gasteiger partial charge in [0.25, 0.3) is 0 Å². The van der Waals surface area contributed by atoms with Gasteiger partial charge < -0.3 is 11.1 Å². The maximum atomic E-state index is 12.2. The Morgan fingerprint density at radius 3 is 2.32 bits per heavy atom. The molecule has 1 unspecified atom stereocenters. The van der Waals surface area contributed by atoms with Crippen LogP contribution in [0.5, 0.6) is 0 Å². The van der Waals surface area contributed by atoms with Crippen molar-refractivity contribution in [2.24, 2.45) is 0 Å². The number of halogens is 1. The molecule has 0 fully saturated rings. The molecule has 4 heteroatoms.